The van der Waals surface area contributed by atoms with E-state index in [1.807, 2.05) is 0 Å². The summed E-state index contributed by atoms with van der Waals surface area (Å²) in [6, 6.07) is 0. The standard InChI is InChI=1S/C8H13NO3.ClH/c1-11-7(10)8-2-6(12-5-8)3-9-4-8;/h6,9H,2-5H2,1H3;1H. The third-order valence-corrected chi connectivity index (χ3v) is 2.67. The van der Waals surface area contributed by atoms with E-state index in [2.05, 4.69) is 5.32 Å². The van der Waals surface area contributed by atoms with Crippen LogP contribution < -0.4 is 5.32 Å². The van der Waals surface area contributed by atoms with Crippen LogP contribution in [0.4, 0.5) is 0 Å². The monoisotopic (exact) mass is 207 g/mol. The predicted molar refractivity (Wildman–Crippen MR) is 48.9 cm³/mol. The fraction of sp³-hybridized carbons (Fsp3) is 0.875. The minimum absolute atomic E-state index is 0. The third-order valence-electron chi connectivity index (χ3n) is 2.67. The van der Waals surface area contributed by atoms with E-state index in [1.165, 1.54) is 7.11 Å². The van der Waals surface area contributed by atoms with Gasteiger partial charge in [0.1, 0.15) is 5.41 Å². The van der Waals surface area contributed by atoms with Gasteiger partial charge < -0.3 is 14.8 Å². The molecule has 2 rings (SSSR count). The van der Waals surface area contributed by atoms with Crippen molar-refractivity contribution in [3.05, 3.63) is 0 Å². The highest BCUT2D eigenvalue weighted by atomic mass is 35.5. The molecule has 2 atom stereocenters. The number of hydrogen-bond acceptors (Lipinski definition) is 4. The summed E-state index contributed by atoms with van der Waals surface area (Å²) in [7, 11) is 1.43. The van der Waals surface area contributed by atoms with Crippen LogP contribution in [0, 0.1) is 5.41 Å². The molecule has 0 saturated carbocycles. The molecule has 0 aromatic rings. The van der Waals surface area contributed by atoms with Crippen LogP contribution in [-0.2, 0) is 14.3 Å². The summed E-state index contributed by atoms with van der Waals surface area (Å²) in [6.07, 6.45) is 1.02. The number of halogens is 1. The number of methoxy groups -OCH3 is 1. The van der Waals surface area contributed by atoms with Gasteiger partial charge in [0.15, 0.2) is 0 Å². The van der Waals surface area contributed by atoms with Crippen molar-refractivity contribution in [2.45, 2.75) is 12.5 Å². The second kappa shape index (κ2) is 3.82. The lowest BCUT2D eigenvalue weighted by atomic mass is 9.83. The molecular weight excluding hydrogens is 194 g/mol. The first-order valence-electron chi connectivity index (χ1n) is 4.18. The van der Waals surface area contributed by atoms with Crippen molar-refractivity contribution >= 4 is 18.4 Å². The van der Waals surface area contributed by atoms with Gasteiger partial charge in [-0.1, -0.05) is 0 Å². The molecule has 2 fully saturated rings. The summed E-state index contributed by atoms with van der Waals surface area (Å²) in [4.78, 5) is 11.4. The van der Waals surface area contributed by atoms with Crippen LogP contribution in [0.3, 0.4) is 0 Å². The van der Waals surface area contributed by atoms with Crippen LogP contribution >= 0.6 is 12.4 Å². The molecule has 0 aromatic heterocycles. The maximum absolute atomic E-state index is 11.4. The van der Waals surface area contributed by atoms with Crippen molar-refractivity contribution in [1.82, 2.24) is 5.32 Å². The van der Waals surface area contributed by atoms with Crippen LogP contribution in [0.25, 0.3) is 0 Å². The zero-order chi connectivity index (χ0) is 8.60. The molecule has 0 amide bonds. The average Bonchev–Trinajstić information content (AvgIpc) is 2.42. The number of esters is 1. The van der Waals surface area contributed by atoms with Gasteiger partial charge in [0.2, 0.25) is 0 Å². The normalized spacial score (nSPS) is 36.5. The van der Waals surface area contributed by atoms with E-state index in [-0.39, 0.29) is 24.5 Å². The summed E-state index contributed by atoms with van der Waals surface area (Å²) in [5.41, 5.74) is -0.391. The molecule has 2 aliphatic heterocycles. The molecular formula is C8H14ClNO3. The topological polar surface area (TPSA) is 47.6 Å². The molecule has 13 heavy (non-hydrogen) atoms. The summed E-state index contributed by atoms with van der Waals surface area (Å²) in [5, 5.41) is 3.18. The second-order valence-corrected chi connectivity index (χ2v) is 3.54. The molecule has 2 heterocycles. The molecule has 76 valence electrons. The Hall–Kier alpha value is -0.320. The summed E-state index contributed by atoms with van der Waals surface area (Å²) < 4.78 is 10.2. The molecule has 2 unspecified atom stereocenters. The van der Waals surface area contributed by atoms with Gasteiger partial charge in [-0.05, 0) is 6.42 Å². The second-order valence-electron chi connectivity index (χ2n) is 3.54. The Morgan fingerprint density at radius 2 is 2.46 bits per heavy atom. The Morgan fingerprint density at radius 1 is 1.69 bits per heavy atom. The number of carbonyl (C=O) groups excluding carboxylic acids is 1. The Labute approximate surface area is 83.4 Å². The number of nitrogens with one attached hydrogen (secondary N) is 1. The predicted octanol–water partition coefficient (Wildman–Crippen LogP) is -0.0403. The van der Waals surface area contributed by atoms with E-state index in [4.69, 9.17) is 9.47 Å². The van der Waals surface area contributed by atoms with Gasteiger partial charge in [0.05, 0.1) is 19.8 Å². The van der Waals surface area contributed by atoms with E-state index < -0.39 is 5.41 Å². The highest BCUT2D eigenvalue weighted by Gasteiger charge is 2.49. The average molecular weight is 208 g/mol. The smallest absolute Gasteiger partial charge is 0.315 e. The maximum atomic E-state index is 11.4. The van der Waals surface area contributed by atoms with Crippen molar-refractivity contribution in [3.8, 4) is 0 Å². The minimum atomic E-state index is -0.391. The first kappa shape index (κ1) is 10.8. The first-order valence-corrected chi connectivity index (χ1v) is 4.18. The number of piperidine rings is 1. The van der Waals surface area contributed by atoms with Gasteiger partial charge in [0, 0.05) is 13.1 Å². The lowest BCUT2D eigenvalue weighted by molar-refractivity contribution is -0.152. The van der Waals surface area contributed by atoms with Crippen molar-refractivity contribution in [3.63, 3.8) is 0 Å². The van der Waals surface area contributed by atoms with E-state index in [9.17, 15) is 4.79 Å². The van der Waals surface area contributed by atoms with E-state index in [1.54, 1.807) is 0 Å². The highest BCUT2D eigenvalue weighted by Crippen LogP contribution is 2.35. The number of ether oxygens (including phenoxy) is 2. The van der Waals surface area contributed by atoms with Gasteiger partial charge >= 0.3 is 5.97 Å². The van der Waals surface area contributed by atoms with Crippen LogP contribution in [-0.4, -0.2) is 38.9 Å². The summed E-state index contributed by atoms with van der Waals surface area (Å²) in [5.74, 6) is -0.141. The number of fused-ring (bicyclic) bond motifs is 2. The lowest BCUT2D eigenvalue weighted by Crippen LogP contribution is -2.47. The quantitative estimate of drug-likeness (QED) is 0.613. The van der Waals surface area contributed by atoms with E-state index >= 15 is 0 Å². The molecule has 1 N–H and O–H groups in total. The van der Waals surface area contributed by atoms with Crippen LogP contribution in [0.1, 0.15) is 6.42 Å². The number of carbonyl (C=O) groups is 1. The molecule has 0 spiro atoms. The minimum Gasteiger partial charge on any atom is -0.468 e. The van der Waals surface area contributed by atoms with Crippen LogP contribution in [0.2, 0.25) is 0 Å². The fourth-order valence-electron chi connectivity index (χ4n) is 1.99. The number of hydrogen-bond donors (Lipinski definition) is 1. The Morgan fingerprint density at radius 3 is 3.15 bits per heavy atom. The third kappa shape index (κ3) is 1.66. The molecule has 2 aliphatic rings. The molecule has 0 aromatic carbocycles. The molecule has 0 aliphatic carbocycles. The van der Waals surface area contributed by atoms with Gasteiger partial charge in [-0.3, -0.25) is 4.79 Å². The Bertz CT molecular complexity index is 208. The Balaban J connectivity index is 0.000000845. The molecule has 2 bridgehead atoms. The maximum Gasteiger partial charge on any atom is 0.315 e. The van der Waals surface area contributed by atoms with Crippen molar-refractivity contribution in [1.29, 1.82) is 0 Å². The summed E-state index contributed by atoms with van der Waals surface area (Å²) >= 11 is 0. The highest BCUT2D eigenvalue weighted by molar-refractivity contribution is 5.85. The van der Waals surface area contributed by atoms with Crippen LogP contribution in [0.5, 0.6) is 0 Å². The van der Waals surface area contributed by atoms with Gasteiger partial charge in [-0.2, -0.15) is 0 Å². The van der Waals surface area contributed by atoms with Crippen molar-refractivity contribution < 1.29 is 14.3 Å². The molecule has 2 saturated heterocycles. The fourth-order valence-corrected chi connectivity index (χ4v) is 1.99. The molecule has 0 radical (unpaired) electrons. The summed E-state index contributed by atoms with van der Waals surface area (Å²) in [6.45, 7) is 2.06. The molecule has 5 heteroatoms. The molecule has 4 nitrogen and oxygen atoms in total. The van der Waals surface area contributed by atoms with Gasteiger partial charge in [-0.15, -0.1) is 12.4 Å². The zero-order valence-corrected chi connectivity index (χ0v) is 8.36. The largest absolute Gasteiger partial charge is 0.468 e. The number of rotatable bonds is 1. The van der Waals surface area contributed by atoms with E-state index in [0.717, 1.165) is 13.0 Å². The Kier molecular flexibility index (Phi) is 3.16. The first-order chi connectivity index (χ1) is 5.77. The van der Waals surface area contributed by atoms with Crippen molar-refractivity contribution in [2.75, 3.05) is 26.8 Å². The van der Waals surface area contributed by atoms with Gasteiger partial charge in [-0.25, -0.2) is 0 Å². The van der Waals surface area contributed by atoms with Crippen molar-refractivity contribution in [2.24, 2.45) is 5.41 Å². The van der Waals surface area contributed by atoms with E-state index in [0.29, 0.717) is 13.2 Å². The van der Waals surface area contributed by atoms with Crippen LogP contribution in [0.15, 0.2) is 0 Å². The zero-order valence-electron chi connectivity index (χ0n) is 7.54. The SMILES string of the molecule is COC(=O)C12CNCC(C1)OC2.Cl. The van der Waals surface area contributed by atoms with Gasteiger partial charge in [0.25, 0.3) is 0 Å². The lowest BCUT2D eigenvalue weighted by Gasteiger charge is -2.28.